The third-order valence-corrected chi connectivity index (χ3v) is 4.82. The number of carbonyl (C=O) groups excluding carboxylic acids is 1. The standard InChI is InChI=1S/C15H17ClN4OS/c16-15-19-9-11(22-15)8-18-10-3-4-12(14(17)21)13(7-10)20-5-1-2-6-20/h3-4,7,9,18H,1-2,5-6,8H2,(H2,17,21). The number of amides is 1. The number of aromatic nitrogens is 1. The zero-order valence-corrected chi connectivity index (χ0v) is 13.6. The molecule has 7 heteroatoms. The molecule has 1 aromatic carbocycles. The fraction of sp³-hybridized carbons (Fsp3) is 0.333. The number of nitrogens with zero attached hydrogens (tertiary/aromatic N) is 2. The number of nitrogens with two attached hydrogens (primary N) is 1. The molecule has 1 fully saturated rings. The van der Waals surface area contributed by atoms with Crippen LogP contribution in [-0.2, 0) is 6.54 Å². The van der Waals surface area contributed by atoms with Gasteiger partial charge in [0.05, 0.1) is 17.8 Å². The van der Waals surface area contributed by atoms with Crippen LogP contribution in [0.15, 0.2) is 24.4 Å². The average molecular weight is 337 g/mol. The predicted molar refractivity (Wildman–Crippen MR) is 90.9 cm³/mol. The highest BCUT2D eigenvalue weighted by atomic mass is 35.5. The second-order valence-electron chi connectivity index (χ2n) is 5.22. The van der Waals surface area contributed by atoms with E-state index in [1.165, 1.54) is 11.3 Å². The molecule has 0 bridgehead atoms. The van der Waals surface area contributed by atoms with Crippen LogP contribution in [0.2, 0.25) is 4.47 Å². The van der Waals surface area contributed by atoms with Crippen molar-refractivity contribution in [3.8, 4) is 0 Å². The normalized spacial score (nSPS) is 14.3. The Morgan fingerprint density at radius 1 is 1.41 bits per heavy atom. The number of carbonyl (C=O) groups is 1. The number of halogens is 1. The fourth-order valence-corrected chi connectivity index (χ4v) is 3.54. The zero-order valence-electron chi connectivity index (χ0n) is 12.0. The Kier molecular flexibility index (Phi) is 4.49. The lowest BCUT2D eigenvalue weighted by atomic mass is 10.1. The zero-order chi connectivity index (χ0) is 15.5. The summed E-state index contributed by atoms with van der Waals surface area (Å²) in [7, 11) is 0. The Balaban J connectivity index is 1.79. The smallest absolute Gasteiger partial charge is 0.250 e. The molecule has 22 heavy (non-hydrogen) atoms. The lowest BCUT2D eigenvalue weighted by Gasteiger charge is -2.21. The molecule has 3 N–H and O–H groups in total. The van der Waals surface area contributed by atoms with E-state index in [1.54, 1.807) is 12.3 Å². The molecule has 0 aliphatic carbocycles. The second-order valence-corrected chi connectivity index (χ2v) is 6.92. The van der Waals surface area contributed by atoms with Crippen molar-refractivity contribution < 1.29 is 4.79 Å². The summed E-state index contributed by atoms with van der Waals surface area (Å²) in [5.41, 5.74) is 7.94. The van der Waals surface area contributed by atoms with Gasteiger partial charge in [-0.05, 0) is 31.0 Å². The Morgan fingerprint density at radius 3 is 2.82 bits per heavy atom. The summed E-state index contributed by atoms with van der Waals surface area (Å²) in [6.45, 7) is 2.59. The molecule has 1 aromatic heterocycles. The molecule has 1 aliphatic rings. The maximum absolute atomic E-state index is 11.6. The summed E-state index contributed by atoms with van der Waals surface area (Å²) >= 11 is 7.28. The number of rotatable bonds is 5. The van der Waals surface area contributed by atoms with E-state index in [0.29, 0.717) is 16.6 Å². The SMILES string of the molecule is NC(=O)c1ccc(NCc2cnc(Cl)s2)cc1N1CCCC1. The number of primary amides is 1. The van der Waals surface area contributed by atoms with Crippen molar-refractivity contribution in [1.82, 2.24) is 4.98 Å². The summed E-state index contributed by atoms with van der Waals surface area (Å²) in [5, 5.41) is 3.34. The number of thiazole rings is 1. The molecule has 0 saturated carbocycles. The van der Waals surface area contributed by atoms with E-state index in [9.17, 15) is 4.79 Å². The first-order chi connectivity index (χ1) is 10.6. The van der Waals surface area contributed by atoms with Crippen LogP contribution in [0.25, 0.3) is 0 Å². The molecule has 3 rings (SSSR count). The van der Waals surface area contributed by atoms with E-state index in [0.717, 1.165) is 42.2 Å². The van der Waals surface area contributed by atoms with E-state index in [1.807, 2.05) is 12.1 Å². The van der Waals surface area contributed by atoms with Gasteiger partial charge in [0.1, 0.15) is 0 Å². The third-order valence-electron chi connectivity index (χ3n) is 3.70. The quantitative estimate of drug-likeness (QED) is 0.880. The Labute approximate surface area is 138 Å². The fourth-order valence-electron chi connectivity index (χ4n) is 2.62. The summed E-state index contributed by atoms with van der Waals surface area (Å²) in [4.78, 5) is 18.9. The molecule has 0 atom stereocenters. The number of hydrogen-bond donors (Lipinski definition) is 2. The molecule has 1 saturated heterocycles. The number of nitrogens with one attached hydrogen (secondary N) is 1. The summed E-state index contributed by atoms with van der Waals surface area (Å²) in [6, 6.07) is 5.66. The minimum atomic E-state index is -0.386. The molecule has 0 spiro atoms. The Morgan fingerprint density at radius 2 is 2.18 bits per heavy atom. The van der Waals surface area contributed by atoms with Gasteiger partial charge < -0.3 is 16.0 Å². The van der Waals surface area contributed by atoms with E-state index < -0.39 is 0 Å². The van der Waals surface area contributed by atoms with E-state index in [4.69, 9.17) is 17.3 Å². The maximum Gasteiger partial charge on any atom is 0.250 e. The van der Waals surface area contributed by atoms with E-state index in [2.05, 4.69) is 15.2 Å². The van der Waals surface area contributed by atoms with Crippen molar-refractivity contribution in [2.24, 2.45) is 5.73 Å². The highest BCUT2D eigenvalue weighted by molar-refractivity contribution is 7.15. The monoisotopic (exact) mass is 336 g/mol. The van der Waals surface area contributed by atoms with E-state index >= 15 is 0 Å². The molecule has 1 aliphatic heterocycles. The van der Waals surface area contributed by atoms with Crippen LogP contribution in [0, 0.1) is 0 Å². The number of benzene rings is 1. The van der Waals surface area contributed by atoms with Gasteiger partial charge in [0.2, 0.25) is 0 Å². The van der Waals surface area contributed by atoms with Gasteiger partial charge in [-0.3, -0.25) is 4.79 Å². The molecule has 2 heterocycles. The van der Waals surface area contributed by atoms with Gasteiger partial charge in [-0.25, -0.2) is 4.98 Å². The van der Waals surface area contributed by atoms with Gasteiger partial charge in [0, 0.05) is 29.9 Å². The molecule has 5 nitrogen and oxygen atoms in total. The van der Waals surface area contributed by atoms with Crippen molar-refractivity contribution in [3.63, 3.8) is 0 Å². The van der Waals surface area contributed by atoms with Gasteiger partial charge in [-0.1, -0.05) is 11.6 Å². The molecule has 2 aromatic rings. The number of anilines is 2. The van der Waals surface area contributed by atoms with Crippen LogP contribution in [0.4, 0.5) is 11.4 Å². The highest BCUT2D eigenvalue weighted by Gasteiger charge is 2.18. The summed E-state index contributed by atoms with van der Waals surface area (Å²) < 4.78 is 0.540. The van der Waals surface area contributed by atoms with Crippen LogP contribution < -0.4 is 16.0 Å². The van der Waals surface area contributed by atoms with Gasteiger partial charge in [-0.2, -0.15) is 0 Å². The van der Waals surface area contributed by atoms with Crippen LogP contribution in [0.1, 0.15) is 28.1 Å². The first-order valence-electron chi connectivity index (χ1n) is 7.16. The first-order valence-corrected chi connectivity index (χ1v) is 8.36. The average Bonchev–Trinajstić information content (AvgIpc) is 3.16. The highest BCUT2D eigenvalue weighted by Crippen LogP contribution is 2.28. The molecule has 0 unspecified atom stereocenters. The van der Waals surface area contributed by atoms with Crippen molar-refractivity contribution in [2.75, 3.05) is 23.3 Å². The van der Waals surface area contributed by atoms with Crippen molar-refractivity contribution >= 4 is 40.2 Å². The van der Waals surface area contributed by atoms with Gasteiger partial charge in [0.15, 0.2) is 4.47 Å². The van der Waals surface area contributed by atoms with Gasteiger partial charge in [-0.15, -0.1) is 11.3 Å². The van der Waals surface area contributed by atoms with Crippen molar-refractivity contribution in [2.45, 2.75) is 19.4 Å². The van der Waals surface area contributed by atoms with Crippen molar-refractivity contribution in [1.29, 1.82) is 0 Å². The third kappa shape index (κ3) is 3.34. The number of hydrogen-bond acceptors (Lipinski definition) is 5. The summed E-state index contributed by atoms with van der Waals surface area (Å²) in [6.07, 6.45) is 4.06. The van der Waals surface area contributed by atoms with Crippen molar-refractivity contribution in [3.05, 3.63) is 39.3 Å². The molecular weight excluding hydrogens is 320 g/mol. The van der Waals surface area contributed by atoms with E-state index in [-0.39, 0.29) is 5.91 Å². The molecule has 0 radical (unpaired) electrons. The largest absolute Gasteiger partial charge is 0.380 e. The maximum atomic E-state index is 11.6. The first kappa shape index (κ1) is 15.1. The van der Waals surface area contributed by atoms with Crippen LogP contribution in [0.5, 0.6) is 0 Å². The van der Waals surface area contributed by atoms with Crippen LogP contribution >= 0.6 is 22.9 Å². The molecule has 116 valence electrons. The topological polar surface area (TPSA) is 71.2 Å². The van der Waals surface area contributed by atoms with Crippen LogP contribution in [-0.4, -0.2) is 24.0 Å². The lowest BCUT2D eigenvalue weighted by Crippen LogP contribution is -2.23. The Hall–Kier alpha value is -1.79. The minimum Gasteiger partial charge on any atom is -0.380 e. The molecule has 1 amide bonds. The Bertz CT molecular complexity index is 682. The van der Waals surface area contributed by atoms with Crippen LogP contribution in [0.3, 0.4) is 0 Å². The summed E-state index contributed by atoms with van der Waals surface area (Å²) in [5.74, 6) is -0.386. The molecular formula is C15H17ClN4OS. The van der Waals surface area contributed by atoms with Gasteiger partial charge in [0.25, 0.3) is 5.91 Å². The predicted octanol–water partition coefficient (Wildman–Crippen LogP) is 3.11. The van der Waals surface area contributed by atoms with Gasteiger partial charge >= 0.3 is 0 Å². The second kappa shape index (κ2) is 6.54. The minimum absolute atomic E-state index is 0.386. The lowest BCUT2D eigenvalue weighted by molar-refractivity contribution is 0.100.